The summed E-state index contributed by atoms with van der Waals surface area (Å²) in [5.74, 6) is 1.90. The minimum absolute atomic E-state index is 0.473. The van der Waals surface area contributed by atoms with Gasteiger partial charge in [0.05, 0.1) is 12.2 Å². The summed E-state index contributed by atoms with van der Waals surface area (Å²) in [5.41, 5.74) is 0.897. The van der Waals surface area contributed by atoms with Crippen molar-refractivity contribution in [3.63, 3.8) is 0 Å². The van der Waals surface area contributed by atoms with Crippen molar-refractivity contribution in [1.29, 1.82) is 0 Å². The van der Waals surface area contributed by atoms with Crippen molar-refractivity contribution in [3.8, 4) is 5.69 Å². The molecule has 3 rings (SSSR count). The summed E-state index contributed by atoms with van der Waals surface area (Å²) in [6, 6.07) is 9.72. The van der Waals surface area contributed by atoms with Crippen LogP contribution in [0.1, 0.15) is 25.1 Å². The molecule has 0 N–H and O–H groups in total. The minimum Gasteiger partial charge on any atom is -0.339 e. The molecule has 22 heavy (non-hydrogen) atoms. The third-order valence-electron chi connectivity index (χ3n) is 3.15. The first-order chi connectivity index (χ1) is 10.8. The molecule has 0 atom stereocenters. The molecule has 2 heterocycles. The van der Waals surface area contributed by atoms with E-state index >= 15 is 0 Å². The lowest BCUT2D eigenvalue weighted by Gasteiger charge is -2.15. The molecule has 114 valence electrons. The van der Waals surface area contributed by atoms with Crippen LogP contribution < -0.4 is 4.90 Å². The SMILES string of the molecule is CCCc1nc(CN(C)c2nnnn2-c2ccccc2)no1. The fraction of sp³-hybridized carbons (Fsp3) is 0.357. The van der Waals surface area contributed by atoms with E-state index in [2.05, 4.69) is 32.6 Å². The predicted octanol–water partition coefficient (Wildman–Crippen LogP) is 1.63. The Morgan fingerprint density at radius 2 is 2.05 bits per heavy atom. The van der Waals surface area contributed by atoms with E-state index in [0.29, 0.717) is 24.2 Å². The maximum absolute atomic E-state index is 5.19. The van der Waals surface area contributed by atoms with Gasteiger partial charge >= 0.3 is 0 Å². The van der Waals surface area contributed by atoms with E-state index in [1.165, 1.54) is 0 Å². The number of nitrogens with zero attached hydrogens (tertiary/aromatic N) is 7. The van der Waals surface area contributed by atoms with Crippen LogP contribution in [0, 0.1) is 0 Å². The first-order valence-electron chi connectivity index (χ1n) is 7.14. The van der Waals surface area contributed by atoms with Crippen LogP contribution in [0.3, 0.4) is 0 Å². The molecular weight excluding hydrogens is 282 g/mol. The zero-order chi connectivity index (χ0) is 15.4. The van der Waals surface area contributed by atoms with Gasteiger partial charge in [0.15, 0.2) is 5.82 Å². The topological polar surface area (TPSA) is 85.8 Å². The van der Waals surface area contributed by atoms with Gasteiger partial charge in [0.2, 0.25) is 5.89 Å². The molecule has 8 nitrogen and oxygen atoms in total. The third-order valence-corrected chi connectivity index (χ3v) is 3.15. The standard InChI is InChI=1S/C14H17N7O/c1-3-7-13-15-12(17-22-13)10-20(2)14-16-18-19-21(14)11-8-5-4-6-9-11/h4-6,8-9H,3,7,10H2,1-2H3. The highest BCUT2D eigenvalue weighted by Gasteiger charge is 2.15. The van der Waals surface area contributed by atoms with Gasteiger partial charge in [-0.1, -0.05) is 35.4 Å². The summed E-state index contributed by atoms with van der Waals surface area (Å²) in [4.78, 5) is 6.24. The summed E-state index contributed by atoms with van der Waals surface area (Å²) in [6.45, 7) is 2.55. The van der Waals surface area contributed by atoms with Crippen LogP contribution >= 0.6 is 0 Å². The molecule has 3 aromatic rings. The van der Waals surface area contributed by atoms with Gasteiger partial charge in [-0.25, -0.2) is 0 Å². The van der Waals surface area contributed by atoms with Gasteiger partial charge in [-0.05, 0) is 29.0 Å². The Morgan fingerprint density at radius 1 is 1.23 bits per heavy atom. The molecule has 0 radical (unpaired) electrons. The average molecular weight is 299 g/mol. The second-order valence-electron chi connectivity index (χ2n) is 4.94. The molecule has 0 aliphatic carbocycles. The minimum atomic E-state index is 0.473. The summed E-state index contributed by atoms with van der Waals surface area (Å²) in [6.07, 6.45) is 1.77. The highest BCUT2D eigenvalue weighted by atomic mass is 16.5. The number of tetrazole rings is 1. The fourth-order valence-corrected chi connectivity index (χ4v) is 2.11. The Bertz CT molecular complexity index is 722. The van der Waals surface area contributed by atoms with E-state index in [4.69, 9.17) is 4.52 Å². The lowest BCUT2D eigenvalue weighted by molar-refractivity contribution is 0.372. The van der Waals surface area contributed by atoms with Gasteiger partial charge < -0.3 is 9.42 Å². The normalized spacial score (nSPS) is 10.8. The van der Waals surface area contributed by atoms with Gasteiger partial charge in [-0.2, -0.15) is 9.67 Å². The van der Waals surface area contributed by atoms with Crippen molar-refractivity contribution in [2.75, 3.05) is 11.9 Å². The monoisotopic (exact) mass is 299 g/mol. The number of anilines is 1. The van der Waals surface area contributed by atoms with E-state index in [-0.39, 0.29) is 0 Å². The highest BCUT2D eigenvalue weighted by Crippen LogP contribution is 2.15. The highest BCUT2D eigenvalue weighted by molar-refractivity contribution is 5.39. The Labute approximate surface area is 127 Å². The van der Waals surface area contributed by atoms with E-state index in [1.807, 2.05) is 42.3 Å². The Kier molecular flexibility index (Phi) is 4.08. The Balaban J connectivity index is 1.78. The van der Waals surface area contributed by atoms with Crippen LogP contribution in [0.5, 0.6) is 0 Å². The lowest BCUT2D eigenvalue weighted by Crippen LogP contribution is -2.21. The predicted molar refractivity (Wildman–Crippen MR) is 79.6 cm³/mol. The van der Waals surface area contributed by atoms with Gasteiger partial charge in [-0.3, -0.25) is 0 Å². The van der Waals surface area contributed by atoms with Crippen molar-refractivity contribution < 1.29 is 4.52 Å². The first-order valence-corrected chi connectivity index (χ1v) is 7.14. The van der Waals surface area contributed by atoms with Gasteiger partial charge in [-0.15, -0.1) is 0 Å². The molecule has 0 aliphatic rings. The van der Waals surface area contributed by atoms with Crippen LogP contribution in [-0.4, -0.2) is 37.4 Å². The van der Waals surface area contributed by atoms with E-state index in [1.54, 1.807) is 4.68 Å². The summed E-state index contributed by atoms with van der Waals surface area (Å²) in [7, 11) is 1.89. The molecule has 0 fully saturated rings. The molecule has 0 saturated carbocycles. The number of aromatic nitrogens is 6. The maximum atomic E-state index is 5.19. The van der Waals surface area contributed by atoms with E-state index in [0.717, 1.165) is 18.5 Å². The number of aryl methyl sites for hydroxylation is 1. The molecule has 8 heteroatoms. The van der Waals surface area contributed by atoms with Gasteiger partial charge in [0, 0.05) is 13.5 Å². The van der Waals surface area contributed by atoms with Crippen molar-refractivity contribution >= 4 is 5.95 Å². The second kappa shape index (κ2) is 6.33. The molecule has 1 aromatic carbocycles. The van der Waals surface area contributed by atoms with Crippen molar-refractivity contribution in [2.45, 2.75) is 26.3 Å². The molecule has 0 saturated heterocycles. The molecule has 0 aliphatic heterocycles. The van der Waals surface area contributed by atoms with Crippen LogP contribution in [0.25, 0.3) is 5.69 Å². The smallest absolute Gasteiger partial charge is 0.250 e. The largest absolute Gasteiger partial charge is 0.339 e. The zero-order valence-corrected chi connectivity index (χ0v) is 12.5. The number of benzene rings is 1. The molecule has 0 unspecified atom stereocenters. The summed E-state index contributed by atoms with van der Waals surface area (Å²) < 4.78 is 6.87. The van der Waals surface area contributed by atoms with Crippen LogP contribution in [0.2, 0.25) is 0 Å². The summed E-state index contributed by atoms with van der Waals surface area (Å²) >= 11 is 0. The zero-order valence-electron chi connectivity index (χ0n) is 12.5. The van der Waals surface area contributed by atoms with E-state index < -0.39 is 0 Å². The molecule has 0 bridgehead atoms. The Hall–Kier alpha value is -2.77. The van der Waals surface area contributed by atoms with Crippen molar-refractivity contribution in [3.05, 3.63) is 42.0 Å². The first kappa shape index (κ1) is 14.2. The fourth-order valence-electron chi connectivity index (χ4n) is 2.11. The third kappa shape index (κ3) is 2.95. The quantitative estimate of drug-likeness (QED) is 0.683. The molecule has 0 amide bonds. The number of hydrogen-bond donors (Lipinski definition) is 0. The number of hydrogen-bond acceptors (Lipinski definition) is 7. The number of rotatable bonds is 6. The number of para-hydroxylation sites is 1. The molecule has 0 spiro atoms. The van der Waals surface area contributed by atoms with Crippen molar-refractivity contribution in [2.24, 2.45) is 0 Å². The van der Waals surface area contributed by atoms with Crippen molar-refractivity contribution in [1.82, 2.24) is 30.3 Å². The average Bonchev–Trinajstić information content (AvgIpc) is 3.18. The van der Waals surface area contributed by atoms with Crippen LogP contribution in [0.4, 0.5) is 5.95 Å². The second-order valence-corrected chi connectivity index (χ2v) is 4.94. The summed E-state index contributed by atoms with van der Waals surface area (Å²) in [5, 5.41) is 15.8. The van der Waals surface area contributed by atoms with Crippen LogP contribution in [0.15, 0.2) is 34.9 Å². The Morgan fingerprint density at radius 3 is 2.82 bits per heavy atom. The van der Waals surface area contributed by atoms with Gasteiger partial charge in [0.25, 0.3) is 5.95 Å². The van der Waals surface area contributed by atoms with Crippen LogP contribution in [-0.2, 0) is 13.0 Å². The lowest BCUT2D eigenvalue weighted by atomic mass is 10.3. The van der Waals surface area contributed by atoms with E-state index in [9.17, 15) is 0 Å². The molecular formula is C14H17N7O. The maximum Gasteiger partial charge on any atom is 0.250 e. The van der Waals surface area contributed by atoms with Gasteiger partial charge in [0.1, 0.15) is 0 Å². The molecule has 2 aromatic heterocycles.